The summed E-state index contributed by atoms with van der Waals surface area (Å²) in [5.41, 5.74) is 3.93. The fourth-order valence-corrected chi connectivity index (χ4v) is 7.37. The van der Waals surface area contributed by atoms with E-state index in [2.05, 4.69) is 66.8 Å². The number of allylic oxidation sites excluding steroid dienone is 2. The topological polar surface area (TPSA) is 36.1 Å². The molecule has 3 heterocycles. The fourth-order valence-electron chi connectivity index (χ4n) is 5.06. The van der Waals surface area contributed by atoms with Crippen molar-refractivity contribution in [3.8, 4) is 0 Å². The highest BCUT2D eigenvalue weighted by atomic mass is 28.3. The monoisotopic (exact) mass is 352 g/mol. The first-order valence-electron chi connectivity index (χ1n) is 9.45. The summed E-state index contributed by atoms with van der Waals surface area (Å²) < 4.78 is 0. The normalized spacial score (nSPS) is 24.4. The van der Waals surface area contributed by atoms with Crippen molar-refractivity contribution >= 4 is 24.9 Å². The van der Waals surface area contributed by atoms with Crippen LogP contribution in [0.4, 0.5) is 0 Å². The summed E-state index contributed by atoms with van der Waals surface area (Å²) in [6.07, 6.45) is 5.02. The van der Waals surface area contributed by atoms with Crippen molar-refractivity contribution in [1.29, 1.82) is 0 Å². The average molecular weight is 353 g/mol. The molecule has 1 saturated heterocycles. The number of aromatic nitrogens is 1. The predicted octanol–water partition coefficient (Wildman–Crippen LogP) is 4.83. The predicted molar refractivity (Wildman–Crippen MR) is 106 cm³/mol. The molecule has 25 heavy (non-hydrogen) atoms. The van der Waals surface area contributed by atoms with Crippen LogP contribution in [0.2, 0.25) is 19.6 Å². The number of hydrogen-bond donors (Lipinski definition) is 1. The highest BCUT2D eigenvalue weighted by Gasteiger charge is 2.42. The van der Waals surface area contributed by atoms with E-state index in [0.717, 1.165) is 19.4 Å². The number of hydrogen-bond acceptors (Lipinski definition) is 1. The summed E-state index contributed by atoms with van der Waals surface area (Å²) in [4.78, 5) is 18.7. The zero-order chi connectivity index (χ0) is 17.8. The van der Waals surface area contributed by atoms with E-state index >= 15 is 0 Å². The maximum absolute atomic E-state index is 12.9. The molecule has 4 rings (SSSR count). The fraction of sp³-hybridized carbons (Fsp3) is 0.476. The number of fused-ring (bicyclic) bond motifs is 5. The van der Waals surface area contributed by atoms with E-state index in [1.807, 2.05) is 0 Å². The van der Waals surface area contributed by atoms with Gasteiger partial charge in [-0.3, -0.25) is 4.79 Å². The van der Waals surface area contributed by atoms with Gasteiger partial charge in [-0.25, -0.2) is 0 Å². The molecule has 1 amide bonds. The molecule has 132 valence electrons. The van der Waals surface area contributed by atoms with E-state index < -0.39 is 8.07 Å². The molecule has 0 bridgehead atoms. The average Bonchev–Trinajstić information content (AvgIpc) is 2.93. The Balaban J connectivity index is 1.75. The Morgan fingerprint density at radius 2 is 2.04 bits per heavy atom. The number of para-hydroxylation sites is 1. The van der Waals surface area contributed by atoms with Gasteiger partial charge in [0.2, 0.25) is 5.91 Å². The molecule has 1 aromatic carbocycles. The van der Waals surface area contributed by atoms with Crippen molar-refractivity contribution in [3.63, 3.8) is 0 Å². The van der Waals surface area contributed by atoms with E-state index in [-0.39, 0.29) is 6.04 Å². The first-order valence-corrected chi connectivity index (χ1v) is 13.0. The van der Waals surface area contributed by atoms with Crippen LogP contribution in [0, 0.1) is 5.92 Å². The van der Waals surface area contributed by atoms with E-state index in [9.17, 15) is 4.79 Å². The molecule has 1 N–H and O–H groups in total. The molecule has 0 aliphatic carbocycles. The molecular weight excluding hydrogens is 324 g/mol. The highest BCUT2D eigenvalue weighted by Crippen LogP contribution is 2.44. The van der Waals surface area contributed by atoms with Crippen LogP contribution >= 0.6 is 0 Å². The molecule has 0 saturated carbocycles. The summed E-state index contributed by atoms with van der Waals surface area (Å²) in [5, 5.41) is 2.90. The van der Waals surface area contributed by atoms with Gasteiger partial charge in [0, 0.05) is 29.6 Å². The van der Waals surface area contributed by atoms with Crippen molar-refractivity contribution in [2.75, 3.05) is 6.54 Å². The number of amides is 1. The SMILES string of the molecule is CC=C(C1CC(=O)N2CCc3c([nH]c4ccccc34)C2C1)[Si](C)(C)C. The first kappa shape index (κ1) is 16.6. The highest BCUT2D eigenvalue weighted by molar-refractivity contribution is 6.83. The minimum atomic E-state index is -1.40. The summed E-state index contributed by atoms with van der Waals surface area (Å²) in [6, 6.07) is 8.77. The van der Waals surface area contributed by atoms with Gasteiger partial charge in [-0.1, -0.05) is 49.1 Å². The molecule has 3 nitrogen and oxygen atoms in total. The Bertz CT molecular complexity index is 858. The van der Waals surface area contributed by atoms with Gasteiger partial charge in [-0.2, -0.15) is 0 Å². The molecule has 0 radical (unpaired) electrons. The molecule has 2 aliphatic rings. The molecule has 2 aromatic rings. The zero-order valence-electron chi connectivity index (χ0n) is 15.7. The number of piperidine rings is 1. The quantitative estimate of drug-likeness (QED) is 0.772. The Hall–Kier alpha value is -1.81. The molecular formula is C21H28N2OSi. The van der Waals surface area contributed by atoms with Gasteiger partial charge in [0.15, 0.2) is 0 Å². The van der Waals surface area contributed by atoms with E-state index in [1.165, 1.54) is 22.2 Å². The maximum Gasteiger partial charge on any atom is 0.223 e. The van der Waals surface area contributed by atoms with Crippen molar-refractivity contribution in [1.82, 2.24) is 9.88 Å². The molecule has 2 unspecified atom stereocenters. The minimum Gasteiger partial charge on any atom is -0.356 e. The van der Waals surface area contributed by atoms with E-state index in [1.54, 1.807) is 5.20 Å². The number of nitrogens with one attached hydrogen (secondary N) is 1. The van der Waals surface area contributed by atoms with Gasteiger partial charge in [-0.15, -0.1) is 0 Å². The number of carbonyl (C=O) groups excluding carboxylic acids is 1. The van der Waals surface area contributed by atoms with Crippen LogP contribution in [-0.4, -0.2) is 30.4 Å². The lowest BCUT2D eigenvalue weighted by molar-refractivity contribution is -0.138. The lowest BCUT2D eigenvalue weighted by Gasteiger charge is -2.44. The van der Waals surface area contributed by atoms with Crippen molar-refractivity contribution in [2.24, 2.45) is 5.92 Å². The van der Waals surface area contributed by atoms with E-state index in [0.29, 0.717) is 18.2 Å². The number of nitrogens with zero attached hydrogens (tertiary/aromatic N) is 1. The van der Waals surface area contributed by atoms with Crippen molar-refractivity contribution in [2.45, 2.75) is 51.9 Å². The van der Waals surface area contributed by atoms with Crippen LogP contribution in [0.1, 0.15) is 37.1 Å². The third-order valence-electron chi connectivity index (χ3n) is 6.02. The number of aromatic amines is 1. The van der Waals surface area contributed by atoms with Crippen LogP contribution in [0.25, 0.3) is 10.9 Å². The lowest BCUT2D eigenvalue weighted by atomic mass is 9.84. The van der Waals surface area contributed by atoms with Gasteiger partial charge in [0.1, 0.15) is 0 Å². The summed E-state index contributed by atoms with van der Waals surface area (Å²) >= 11 is 0. The summed E-state index contributed by atoms with van der Waals surface area (Å²) in [5.74, 6) is 0.742. The second-order valence-corrected chi connectivity index (χ2v) is 13.6. The Morgan fingerprint density at radius 1 is 1.28 bits per heavy atom. The third kappa shape index (κ3) is 2.67. The second-order valence-electron chi connectivity index (χ2n) is 8.55. The molecule has 1 fully saturated rings. The van der Waals surface area contributed by atoms with Crippen LogP contribution in [-0.2, 0) is 11.2 Å². The van der Waals surface area contributed by atoms with Crippen LogP contribution < -0.4 is 0 Å². The molecule has 2 atom stereocenters. The number of benzene rings is 1. The summed E-state index contributed by atoms with van der Waals surface area (Å²) in [6.45, 7) is 10.2. The van der Waals surface area contributed by atoms with Gasteiger partial charge in [0.25, 0.3) is 0 Å². The van der Waals surface area contributed by atoms with Crippen molar-refractivity contribution < 1.29 is 4.79 Å². The van der Waals surface area contributed by atoms with Gasteiger partial charge >= 0.3 is 0 Å². The van der Waals surface area contributed by atoms with Crippen molar-refractivity contribution in [3.05, 3.63) is 46.8 Å². The van der Waals surface area contributed by atoms with Crippen LogP contribution in [0.3, 0.4) is 0 Å². The number of H-pyrrole nitrogens is 1. The van der Waals surface area contributed by atoms with Gasteiger partial charge in [0.05, 0.1) is 14.1 Å². The smallest absolute Gasteiger partial charge is 0.223 e. The number of carbonyl (C=O) groups is 1. The van der Waals surface area contributed by atoms with Gasteiger partial charge < -0.3 is 9.88 Å². The third-order valence-corrected chi connectivity index (χ3v) is 8.45. The second kappa shape index (κ2) is 5.87. The molecule has 1 aromatic heterocycles. The minimum absolute atomic E-state index is 0.216. The molecule has 0 spiro atoms. The van der Waals surface area contributed by atoms with Crippen LogP contribution in [0.5, 0.6) is 0 Å². The Kier molecular flexibility index (Phi) is 3.91. The maximum atomic E-state index is 12.9. The van der Waals surface area contributed by atoms with Crippen LogP contribution in [0.15, 0.2) is 35.5 Å². The Morgan fingerprint density at radius 3 is 2.76 bits per heavy atom. The molecule has 2 aliphatic heterocycles. The largest absolute Gasteiger partial charge is 0.356 e. The zero-order valence-corrected chi connectivity index (χ0v) is 16.7. The Labute approximate surface area is 151 Å². The lowest BCUT2D eigenvalue weighted by Crippen LogP contribution is -2.47. The van der Waals surface area contributed by atoms with Gasteiger partial charge in [-0.05, 0) is 37.3 Å². The summed E-state index contributed by atoms with van der Waals surface area (Å²) in [7, 11) is -1.40. The molecule has 4 heteroatoms. The standard InChI is InChI=1S/C21H28N2OSi/c1-5-19(25(2,3)4)14-12-18-21-16(10-11-23(18)20(24)13-14)15-8-6-7-9-17(15)22-21/h5-9,14,18,22H,10-13H2,1-4H3. The first-order chi connectivity index (χ1) is 11.9. The number of rotatable bonds is 2. The van der Waals surface area contributed by atoms with E-state index in [4.69, 9.17) is 0 Å².